The van der Waals surface area contributed by atoms with Crippen LogP contribution in [0.25, 0.3) is 10.9 Å². The van der Waals surface area contributed by atoms with E-state index in [4.69, 9.17) is 0 Å². The first-order valence-corrected chi connectivity index (χ1v) is 5.32. The van der Waals surface area contributed by atoms with Crippen LogP contribution >= 0.6 is 0 Å². The van der Waals surface area contributed by atoms with Crippen molar-refractivity contribution in [1.29, 1.82) is 0 Å². The molecule has 0 saturated heterocycles. The lowest BCUT2D eigenvalue weighted by Gasteiger charge is -2.09. The molecular weight excluding hydrogens is 202 g/mol. The molecule has 0 aliphatic carbocycles. The maximum absolute atomic E-state index is 11.0. The third kappa shape index (κ3) is 1.89. The summed E-state index contributed by atoms with van der Waals surface area (Å²) < 4.78 is 0. The normalized spacial score (nSPS) is 10.6. The van der Waals surface area contributed by atoms with Crippen LogP contribution in [0.2, 0.25) is 0 Å². The second-order valence-corrected chi connectivity index (χ2v) is 3.72. The van der Waals surface area contributed by atoms with E-state index in [1.54, 1.807) is 18.2 Å². The van der Waals surface area contributed by atoms with Gasteiger partial charge in [0, 0.05) is 16.6 Å². The van der Waals surface area contributed by atoms with Crippen molar-refractivity contribution in [3.63, 3.8) is 0 Å². The van der Waals surface area contributed by atoms with Gasteiger partial charge in [0.25, 0.3) is 0 Å². The van der Waals surface area contributed by atoms with E-state index >= 15 is 0 Å². The Balaban J connectivity index is 2.68. The van der Waals surface area contributed by atoms with E-state index in [-0.39, 0.29) is 5.56 Å². The van der Waals surface area contributed by atoms with Crippen LogP contribution < -0.4 is 5.11 Å². The minimum Gasteiger partial charge on any atom is -0.545 e. The molecule has 0 radical (unpaired) electrons. The highest BCUT2D eigenvalue weighted by atomic mass is 16.4. The molecule has 0 fully saturated rings. The summed E-state index contributed by atoms with van der Waals surface area (Å²) in [5.41, 5.74) is 1.75. The molecule has 16 heavy (non-hydrogen) atoms. The van der Waals surface area contributed by atoms with Crippen LogP contribution in [0.4, 0.5) is 0 Å². The van der Waals surface area contributed by atoms with Gasteiger partial charge < -0.3 is 9.90 Å². The van der Waals surface area contributed by atoms with Gasteiger partial charge in [-0.3, -0.25) is 4.98 Å². The zero-order chi connectivity index (χ0) is 11.5. The Labute approximate surface area is 93.7 Å². The van der Waals surface area contributed by atoms with E-state index in [1.807, 2.05) is 19.1 Å². The highest BCUT2D eigenvalue weighted by Gasteiger charge is 2.05. The quantitative estimate of drug-likeness (QED) is 0.779. The summed E-state index contributed by atoms with van der Waals surface area (Å²) in [6.45, 7) is 2.04. The zero-order valence-corrected chi connectivity index (χ0v) is 9.06. The van der Waals surface area contributed by atoms with Crippen LogP contribution in [0, 0.1) is 0 Å². The molecule has 0 N–H and O–H groups in total. The number of aromatic nitrogens is 1. The maximum atomic E-state index is 11.0. The lowest BCUT2D eigenvalue weighted by molar-refractivity contribution is -0.254. The Morgan fingerprint density at radius 3 is 2.81 bits per heavy atom. The maximum Gasteiger partial charge on any atom is 0.0722 e. The molecule has 0 bridgehead atoms. The van der Waals surface area contributed by atoms with Crippen molar-refractivity contribution in [2.75, 3.05) is 0 Å². The van der Waals surface area contributed by atoms with Gasteiger partial charge in [-0.2, -0.15) is 0 Å². The highest BCUT2D eigenvalue weighted by molar-refractivity contribution is 6.01. The molecule has 1 aromatic heterocycles. The second-order valence-electron chi connectivity index (χ2n) is 3.72. The number of benzene rings is 1. The van der Waals surface area contributed by atoms with Crippen molar-refractivity contribution in [1.82, 2.24) is 4.98 Å². The van der Waals surface area contributed by atoms with E-state index in [9.17, 15) is 9.90 Å². The molecule has 0 aliphatic rings. The number of carbonyl (C=O) groups excluding carboxylic acids is 1. The van der Waals surface area contributed by atoms with Crippen molar-refractivity contribution in [2.24, 2.45) is 0 Å². The average Bonchev–Trinajstić information content (AvgIpc) is 2.28. The smallest absolute Gasteiger partial charge is 0.0722 e. The van der Waals surface area contributed by atoms with Crippen LogP contribution in [0.15, 0.2) is 30.3 Å². The minimum atomic E-state index is -1.14. The Morgan fingerprint density at radius 2 is 2.12 bits per heavy atom. The number of nitrogens with zero attached hydrogens (tertiary/aromatic N) is 1. The number of fused-ring (bicyclic) bond motifs is 1. The van der Waals surface area contributed by atoms with Crippen molar-refractivity contribution in [2.45, 2.75) is 19.8 Å². The van der Waals surface area contributed by atoms with Gasteiger partial charge in [0.2, 0.25) is 0 Å². The summed E-state index contributed by atoms with van der Waals surface area (Å²) in [6, 6.07) is 8.84. The monoisotopic (exact) mass is 214 g/mol. The summed E-state index contributed by atoms with van der Waals surface area (Å²) >= 11 is 0. The van der Waals surface area contributed by atoms with Crippen LogP contribution in [0.5, 0.6) is 0 Å². The Kier molecular flexibility index (Phi) is 2.86. The standard InChI is InChI=1S/C13H13NO2/c1-2-5-9-8-11(13(15)16)10-6-3-4-7-12(10)14-9/h3-4,6-8H,2,5H2,1H3,(H,15,16)/p-1. The van der Waals surface area contributed by atoms with Crippen molar-refractivity contribution < 1.29 is 9.90 Å². The van der Waals surface area contributed by atoms with E-state index in [1.165, 1.54) is 0 Å². The van der Waals surface area contributed by atoms with E-state index in [0.717, 1.165) is 18.5 Å². The molecule has 82 valence electrons. The van der Waals surface area contributed by atoms with Gasteiger partial charge in [-0.25, -0.2) is 0 Å². The van der Waals surface area contributed by atoms with Gasteiger partial charge in [0.15, 0.2) is 0 Å². The average molecular weight is 214 g/mol. The number of pyridine rings is 1. The number of hydrogen-bond donors (Lipinski definition) is 0. The Hall–Kier alpha value is -1.90. The Bertz CT molecular complexity index is 534. The second kappa shape index (κ2) is 4.31. The van der Waals surface area contributed by atoms with Gasteiger partial charge in [-0.15, -0.1) is 0 Å². The van der Waals surface area contributed by atoms with Crippen molar-refractivity contribution >= 4 is 16.9 Å². The molecule has 0 atom stereocenters. The molecule has 2 rings (SSSR count). The predicted molar refractivity (Wildman–Crippen MR) is 60.1 cm³/mol. The van der Waals surface area contributed by atoms with Gasteiger partial charge in [-0.05, 0) is 18.6 Å². The van der Waals surface area contributed by atoms with E-state index < -0.39 is 5.97 Å². The molecule has 3 heteroatoms. The SMILES string of the molecule is CCCc1cc(C(=O)[O-])c2ccccc2n1. The number of para-hydroxylation sites is 1. The molecule has 0 aliphatic heterocycles. The zero-order valence-electron chi connectivity index (χ0n) is 9.06. The number of carbonyl (C=O) groups is 1. The minimum absolute atomic E-state index is 0.231. The lowest BCUT2D eigenvalue weighted by atomic mass is 10.1. The largest absolute Gasteiger partial charge is 0.545 e. The molecule has 0 unspecified atom stereocenters. The van der Waals surface area contributed by atoms with E-state index in [2.05, 4.69) is 4.98 Å². The van der Waals surface area contributed by atoms with Gasteiger partial charge in [-0.1, -0.05) is 31.5 Å². The van der Waals surface area contributed by atoms with Crippen LogP contribution in [0.1, 0.15) is 29.4 Å². The lowest BCUT2D eigenvalue weighted by Crippen LogP contribution is -2.23. The predicted octanol–water partition coefficient (Wildman–Crippen LogP) is 1.55. The van der Waals surface area contributed by atoms with Crippen LogP contribution in [0.3, 0.4) is 0 Å². The first-order valence-electron chi connectivity index (χ1n) is 5.32. The molecule has 0 spiro atoms. The summed E-state index contributed by atoms with van der Waals surface area (Å²) in [5.74, 6) is -1.14. The molecule has 2 aromatic rings. The summed E-state index contributed by atoms with van der Waals surface area (Å²) in [4.78, 5) is 15.4. The molecule has 0 saturated carbocycles. The topological polar surface area (TPSA) is 53.0 Å². The summed E-state index contributed by atoms with van der Waals surface area (Å²) in [6.07, 6.45) is 1.73. The third-order valence-electron chi connectivity index (χ3n) is 2.50. The number of carboxylic acid groups (broad SMARTS) is 1. The van der Waals surface area contributed by atoms with Crippen molar-refractivity contribution in [3.8, 4) is 0 Å². The van der Waals surface area contributed by atoms with Gasteiger partial charge >= 0.3 is 0 Å². The molecular formula is C13H12NO2-. The molecule has 1 heterocycles. The van der Waals surface area contributed by atoms with Crippen LogP contribution in [-0.4, -0.2) is 11.0 Å². The summed E-state index contributed by atoms with van der Waals surface area (Å²) in [5, 5.41) is 11.7. The summed E-state index contributed by atoms with van der Waals surface area (Å²) in [7, 11) is 0. The molecule has 3 nitrogen and oxygen atoms in total. The number of carboxylic acids is 1. The van der Waals surface area contributed by atoms with Gasteiger partial charge in [0.05, 0.1) is 11.5 Å². The van der Waals surface area contributed by atoms with Crippen molar-refractivity contribution in [3.05, 3.63) is 41.6 Å². The number of rotatable bonds is 3. The fourth-order valence-electron chi connectivity index (χ4n) is 1.78. The third-order valence-corrected chi connectivity index (χ3v) is 2.50. The van der Waals surface area contributed by atoms with E-state index in [0.29, 0.717) is 10.9 Å². The molecule has 1 aromatic carbocycles. The number of aromatic carboxylic acids is 1. The number of hydrogen-bond acceptors (Lipinski definition) is 3. The molecule has 0 amide bonds. The number of aryl methyl sites for hydroxylation is 1. The first kappa shape index (κ1) is 10.6. The fourth-order valence-corrected chi connectivity index (χ4v) is 1.78. The fraction of sp³-hybridized carbons (Fsp3) is 0.231. The Morgan fingerprint density at radius 1 is 1.38 bits per heavy atom. The van der Waals surface area contributed by atoms with Crippen LogP contribution in [-0.2, 0) is 6.42 Å². The first-order chi connectivity index (χ1) is 7.72. The van der Waals surface area contributed by atoms with Gasteiger partial charge in [0.1, 0.15) is 0 Å². The highest BCUT2D eigenvalue weighted by Crippen LogP contribution is 2.18.